The predicted molar refractivity (Wildman–Crippen MR) is 84.7 cm³/mol. The summed E-state index contributed by atoms with van der Waals surface area (Å²) in [5.41, 5.74) is 0.682. The summed E-state index contributed by atoms with van der Waals surface area (Å²) in [5.74, 6) is 0. The Labute approximate surface area is 122 Å². The van der Waals surface area contributed by atoms with Crippen molar-refractivity contribution < 1.29 is 0 Å². The molecule has 2 rings (SSSR count). The number of hydrogen-bond donors (Lipinski definition) is 1. The molecule has 0 spiro atoms. The molecule has 3 nitrogen and oxygen atoms in total. The first-order valence-electron chi connectivity index (χ1n) is 6.35. The van der Waals surface area contributed by atoms with Gasteiger partial charge in [0, 0.05) is 5.54 Å². The number of aromatic nitrogens is 2. The Morgan fingerprint density at radius 3 is 2.53 bits per heavy atom. The molecule has 0 aliphatic heterocycles. The van der Waals surface area contributed by atoms with Crippen molar-refractivity contribution in [2.75, 3.05) is 0 Å². The molecule has 2 aromatic rings. The zero-order valence-corrected chi connectivity index (χ0v) is 13.7. The molecule has 2 aromatic heterocycles. The fourth-order valence-electron chi connectivity index (χ4n) is 2.86. The zero-order valence-electron chi connectivity index (χ0n) is 12.0. The Morgan fingerprint density at radius 1 is 1.32 bits per heavy atom. The van der Waals surface area contributed by atoms with Gasteiger partial charge in [-0.2, -0.15) is 0 Å². The van der Waals surface area contributed by atoms with Gasteiger partial charge in [0.1, 0.15) is 4.70 Å². The van der Waals surface area contributed by atoms with Gasteiger partial charge in [-0.15, -0.1) is 11.3 Å². The van der Waals surface area contributed by atoms with E-state index >= 15 is 0 Å². The normalized spacial score (nSPS) is 13.1. The van der Waals surface area contributed by atoms with Gasteiger partial charge < -0.3 is 4.98 Å². The number of rotatable bonds is 2. The van der Waals surface area contributed by atoms with Crippen LogP contribution in [0.3, 0.4) is 0 Å². The van der Waals surface area contributed by atoms with Crippen LogP contribution in [0.25, 0.3) is 10.2 Å². The maximum absolute atomic E-state index is 12.6. The van der Waals surface area contributed by atoms with Crippen molar-refractivity contribution in [3.8, 4) is 0 Å². The predicted octanol–water partition coefficient (Wildman–Crippen LogP) is 4.29. The molecule has 0 saturated heterocycles. The number of fused-ring (bicyclic) bond motifs is 1. The highest BCUT2D eigenvalue weighted by Crippen LogP contribution is 2.31. The molecule has 0 radical (unpaired) electrons. The van der Waals surface area contributed by atoms with E-state index in [2.05, 4.69) is 39.6 Å². The van der Waals surface area contributed by atoms with E-state index in [4.69, 9.17) is 12.2 Å². The summed E-state index contributed by atoms with van der Waals surface area (Å²) in [5, 5.41) is 1.92. The fourth-order valence-corrected chi connectivity index (χ4v) is 4.08. The van der Waals surface area contributed by atoms with Gasteiger partial charge in [-0.3, -0.25) is 9.36 Å². The van der Waals surface area contributed by atoms with Crippen LogP contribution >= 0.6 is 23.6 Å². The smallest absolute Gasteiger partial charge is 0.272 e. The van der Waals surface area contributed by atoms with Gasteiger partial charge in [-0.05, 0) is 49.3 Å². The number of aromatic amines is 1. The van der Waals surface area contributed by atoms with Crippen molar-refractivity contribution in [2.45, 2.75) is 46.6 Å². The van der Waals surface area contributed by atoms with Crippen LogP contribution in [0.1, 0.15) is 41.0 Å². The van der Waals surface area contributed by atoms with Crippen LogP contribution in [-0.4, -0.2) is 9.55 Å². The number of nitrogens with zero attached hydrogens (tertiary/aromatic N) is 1. The highest BCUT2D eigenvalue weighted by Gasteiger charge is 2.29. The van der Waals surface area contributed by atoms with E-state index in [-0.39, 0.29) is 16.5 Å². The fraction of sp³-hybridized carbons (Fsp3) is 0.571. The summed E-state index contributed by atoms with van der Waals surface area (Å²) >= 11 is 6.84. The van der Waals surface area contributed by atoms with Crippen molar-refractivity contribution in [1.82, 2.24) is 9.55 Å². The molecule has 0 aliphatic rings. The topological polar surface area (TPSA) is 37.8 Å². The Morgan fingerprint density at radius 2 is 1.95 bits per heavy atom. The van der Waals surface area contributed by atoms with E-state index in [0.29, 0.717) is 4.77 Å². The van der Waals surface area contributed by atoms with Gasteiger partial charge >= 0.3 is 0 Å². The van der Waals surface area contributed by atoms with E-state index in [1.807, 2.05) is 11.4 Å². The third-order valence-electron chi connectivity index (χ3n) is 3.08. The van der Waals surface area contributed by atoms with Crippen LogP contribution in [-0.2, 0) is 5.54 Å². The molecule has 0 unspecified atom stereocenters. The van der Waals surface area contributed by atoms with Crippen molar-refractivity contribution in [1.29, 1.82) is 0 Å². The Bertz CT molecular complexity index is 713. The summed E-state index contributed by atoms with van der Waals surface area (Å²) in [6.07, 6.45) is 0.883. The number of nitrogens with one attached hydrogen (secondary N) is 1. The maximum Gasteiger partial charge on any atom is 0.272 e. The lowest BCUT2D eigenvalue weighted by Gasteiger charge is -2.34. The van der Waals surface area contributed by atoms with Crippen LogP contribution < -0.4 is 5.56 Å². The molecule has 0 amide bonds. The zero-order chi connectivity index (χ0) is 14.4. The monoisotopic (exact) mass is 296 g/mol. The average Bonchev–Trinajstić information content (AvgIpc) is 2.60. The second kappa shape index (κ2) is 4.56. The summed E-state index contributed by atoms with van der Waals surface area (Å²) in [7, 11) is 0. The summed E-state index contributed by atoms with van der Waals surface area (Å²) in [4.78, 5) is 15.8. The molecular formula is C14H20N2OS2. The van der Waals surface area contributed by atoms with Gasteiger partial charge in [0.2, 0.25) is 0 Å². The first-order valence-corrected chi connectivity index (χ1v) is 7.64. The van der Waals surface area contributed by atoms with Crippen molar-refractivity contribution in [3.63, 3.8) is 0 Å². The number of thiophene rings is 1. The summed E-state index contributed by atoms with van der Waals surface area (Å²) in [6, 6.07) is 1.90. The van der Waals surface area contributed by atoms with Crippen LogP contribution in [0.5, 0.6) is 0 Å². The lowest BCUT2D eigenvalue weighted by atomic mass is 9.81. The SMILES string of the molecule is CC(C)(C)CC(C)(C)n1c(=S)[nH]c2ccsc2c1=O. The van der Waals surface area contributed by atoms with Crippen molar-refractivity contribution in [2.24, 2.45) is 5.41 Å². The second-order valence-corrected chi connectivity index (χ2v) is 8.09. The molecule has 5 heteroatoms. The second-order valence-electron chi connectivity index (χ2n) is 6.78. The Balaban J connectivity index is 2.68. The van der Waals surface area contributed by atoms with Crippen LogP contribution in [0.2, 0.25) is 0 Å². The molecule has 1 N–H and O–H groups in total. The first-order chi connectivity index (χ1) is 8.62. The molecule has 0 aliphatic carbocycles. The maximum atomic E-state index is 12.6. The van der Waals surface area contributed by atoms with Gasteiger partial charge in [0.15, 0.2) is 4.77 Å². The molecule has 19 heavy (non-hydrogen) atoms. The van der Waals surface area contributed by atoms with Gasteiger partial charge in [-0.1, -0.05) is 20.8 Å². The van der Waals surface area contributed by atoms with Gasteiger partial charge in [0.05, 0.1) is 5.52 Å². The van der Waals surface area contributed by atoms with E-state index < -0.39 is 0 Å². The lowest BCUT2D eigenvalue weighted by Crippen LogP contribution is -2.39. The molecule has 0 aromatic carbocycles. The quantitative estimate of drug-likeness (QED) is 0.839. The van der Waals surface area contributed by atoms with E-state index in [0.717, 1.165) is 16.6 Å². The van der Waals surface area contributed by atoms with Gasteiger partial charge in [0.25, 0.3) is 5.56 Å². The molecule has 104 valence electrons. The number of H-pyrrole nitrogens is 1. The minimum atomic E-state index is -0.304. The van der Waals surface area contributed by atoms with E-state index in [1.54, 1.807) is 4.57 Å². The van der Waals surface area contributed by atoms with Gasteiger partial charge in [-0.25, -0.2) is 0 Å². The van der Waals surface area contributed by atoms with Crippen LogP contribution in [0.4, 0.5) is 0 Å². The molecule has 0 saturated carbocycles. The van der Waals surface area contributed by atoms with Crippen molar-refractivity contribution in [3.05, 3.63) is 26.6 Å². The van der Waals surface area contributed by atoms with Crippen LogP contribution in [0.15, 0.2) is 16.2 Å². The van der Waals surface area contributed by atoms with E-state index in [9.17, 15) is 4.79 Å². The third-order valence-corrected chi connectivity index (χ3v) is 4.26. The molecule has 0 atom stereocenters. The summed E-state index contributed by atoms with van der Waals surface area (Å²) < 4.78 is 2.98. The standard InChI is InChI=1S/C14H20N2OS2/c1-13(2,3)8-14(4,5)16-11(17)10-9(6-7-19-10)15-12(16)18/h6-7H,8H2,1-5H3,(H,15,18). The van der Waals surface area contributed by atoms with Crippen LogP contribution in [0, 0.1) is 10.2 Å². The Hall–Kier alpha value is -0.940. The molecule has 0 bridgehead atoms. The highest BCUT2D eigenvalue weighted by atomic mass is 32.1. The average molecular weight is 296 g/mol. The lowest BCUT2D eigenvalue weighted by molar-refractivity contribution is 0.207. The third kappa shape index (κ3) is 2.82. The van der Waals surface area contributed by atoms with E-state index in [1.165, 1.54) is 11.3 Å². The minimum absolute atomic E-state index is 0.0167. The molecule has 0 fully saturated rings. The summed E-state index contributed by atoms with van der Waals surface area (Å²) in [6.45, 7) is 10.7. The first kappa shape index (κ1) is 14.5. The molecular weight excluding hydrogens is 276 g/mol. The van der Waals surface area contributed by atoms with Crippen molar-refractivity contribution >= 4 is 33.8 Å². The Kier molecular flexibility index (Phi) is 3.47. The highest BCUT2D eigenvalue weighted by molar-refractivity contribution is 7.71. The number of hydrogen-bond acceptors (Lipinski definition) is 3. The largest absolute Gasteiger partial charge is 0.331 e. The molecule has 2 heterocycles. The minimum Gasteiger partial charge on any atom is -0.331 e.